The third-order valence-corrected chi connectivity index (χ3v) is 2.25. The second-order valence-electron chi connectivity index (χ2n) is 3.79. The van der Waals surface area contributed by atoms with E-state index in [9.17, 15) is 22.8 Å². The predicted octanol–water partition coefficient (Wildman–Crippen LogP) is 2.04. The van der Waals surface area contributed by atoms with E-state index < -0.39 is 25.2 Å². The fraction of sp³-hybridized carbons (Fsp3) is 0.333. The average Bonchev–Trinajstić information content (AvgIpc) is 2.36. The number of amides is 1. The first-order valence-electron chi connectivity index (χ1n) is 5.29. The first-order valence-corrected chi connectivity index (χ1v) is 5.29. The Bertz CT molecular complexity index is 443. The van der Waals surface area contributed by atoms with Gasteiger partial charge in [0, 0.05) is 18.3 Å². The molecule has 1 rings (SSSR count). The van der Waals surface area contributed by atoms with Gasteiger partial charge >= 0.3 is 6.18 Å². The minimum absolute atomic E-state index is 0.227. The lowest BCUT2D eigenvalue weighted by Gasteiger charge is -2.11. The van der Waals surface area contributed by atoms with Gasteiger partial charge in [-0.05, 0) is 24.3 Å². The van der Waals surface area contributed by atoms with Crippen LogP contribution in [-0.4, -0.2) is 38.6 Å². The fourth-order valence-electron chi connectivity index (χ4n) is 1.29. The monoisotopic (exact) mass is 275 g/mol. The van der Waals surface area contributed by atoms with E-state index in [2.05, 4.69) is 4.74 Å². The van der Waals surface area contributed by atoms with Gasteiger partial charge < -0.3 is 9.64 Å². The van der Waals surface area contributed by atoms with Crippen LogP contribution in [0.1, 0.15) is 10.4 Å². The van der Waals surface area contributed by atoms with Crippen LogP contribution in [0, 0.1) is 0 Å². The molecule has 7 heteroatoms. The first-order chi connectivity index (χ1) is 8.83. The molecular weight excluding hydrogens is 263 g/mol. The molecule has 0 radical (unpaired) electrons. The summed E-state index contributed by atoms with van der Waals surface area (Å²) in [6, 6.07) is 5.89. The molecule has 104 valence electrons. The van der Waals surface area contributed by atoms with E-state index >= 15 is 0 Å². The summed E-state index contributed by atoms with van der Waals surface area (Å²) >= 11 is 0. The largest absolute Gasteiger partial charge is 0.411 e. The van der Waals surface area contributed by atoms with Gasteiger partial charge in [-0.2, -0.15) is 13.2 Å². The van der Waals surface area contributed by atoms with E-state index in [-0.39, 0.29) is 5.56 Å². The van der Waals surface area contributed by atoms with Crippen molar-refractivity contribution in [3.8, 4) is 0 Å². The Hall–Kier alpha value is -1.89. The Balaban J connectivity index is 2.56. The van der Waals surface area contributed by atoms with Crippen molar-refractivity contribution in [3.63, 3.8) is 0 Å². The first kappa shape index (κ1) is 15.2. The second-order valence-corrected chi connectivity index (χ2v) is 3.79. The highest BCUT2D eigenvalue weighted by Gasteiger charge is 2.27. The lowest BCUT2D eigenvalue weighted by molar-refractivity contribution is -0.170. The third-order valence-electron chi connectivity index (χ3n) is 2.25. The SMILES string of the molecule is CN(C=O)c1ccc(C(=O)COCC(F)(F)F)cc1. The molecule has 0 aromatic heterocycles. The van der Waals surface area contributed by atoms with Gasteiger partial charge in [0.1, 0.15) is 13.2 Å². The van der Waals surface area contributed by atoms with Crippen molar-refractivity contribution < 1.29 is 27.5 Å². The lowest BCUT2D eigenvalue weighted by Crippen LogP contribution is -2.20. The Morgan fingerprint density at radius 2 is 1.89 bits per heavy atom. The number of carbonyl (C=O) groups excluding carboxylic acids is 2. The summed E-state index contributed by atoms with van der Waals surface area (Å²) in [5.41, 5.74) is 0.799. The van der Waals surface area contributed by atoms with E-state index in [1.807, 2.05) is 0 Å². The van der Waals surface area contributed by atoms with Gasteiger partial charge in [0.15, 0.2) is 5.78 Å². The van der Waals surface area contributed by atoms with Crippen LogP contribution in [-0.2, 0) is 9.53 Å². The number of benzene rings is 1. The Labute approximate surface area is 107 Å². The molecule has 0 aliphatic rings. The van der Waals surface area contributed by atoms with E-state index in [0.717, 1.165) is 0 Å². The van der Waals surface area contributed by atoms with Crippen LogP contribution in [0.15, 0.2) is 24.3 Å². The number of ketones is 1. The Kier molecular flexibility index (Phi) is 5.05. The fourth-order valence-corrected chi connectivity index (χ4v) is 1.29. The smallest absolute Gasteiger partial charge is 0.364 e. The number of hydrogen-bond donors (Lipinski definition) is 0. The van der Waals surface area contributed by atoms with E-state index in [4.69, 9.17) is 0 Å². The van der Waals surface area contributed by atoms with Crippen LogP contribution < -0.4 is 4.90 Å². The van der Waals surface area contributed by atoms with E-state index in [1.54, 1.807) is 0 Å². The van der Waals surface area contributed by atoms with E-state index in [0.29, 0.717) is 12.1 Å². The molecule has 0 N–H and O–H groups in total. The number of anilines is 1. The van der Waals surface area contributed by atoms with Gasteiger partial charge in [-0.3, -0.25) is 9.59 Å². The maximum Gasteiger partial charge on any atom is 0.411 e. The molecule has 4 nitrogen and oxygen atoms in total. The molecule has 1 aromatic carbocycles. The summed E-state index contributed by atoms with van der Waals surface area (Å²) < 4.78 is 39.7. The van der Waals surface area contributed by atoms with Crippen LogP contribution in [0.5, 0.6) is 0 Å². The summed E-state index contributed by atoms with van der Waals surface area (Å²) in [6.45, 7) is -2.09. The quantitative estimate of drug-likeness (QED) is 0.589. The Morgan fingerprint density at radius 1 is 1.32 bits per heavy atom. The van der Waals surface area contributed by atoms with Crippen molar-refractivity contribution >= 4 is 17.9 Å². The zero-order chi connectivity index (χ0) is 14.5. The van der Waals surface area contributed by atoms with Crippen LogP contribution in [0.25, 0.3) is 0 Å². The van der Waals surface area contributed by atoms with Gasteiger partial charge in [0.05, 0.1) is 0 Å². The van der Waals surface area contributed by atoms with Crippen molar-refractivity contribution in [2.75, 3.05) is 25.2 Å². The minimum Gasteiger partial charge on any atom is -0.364 e. The maximum atomic E-state index is 11.8. The molecule has 1 aromatic rings. The summed E-state index contributed by atoms with van der Waals surface area (Å²) in [5, 5.41) is 0. The van der Waals surface area contributed by atoms with Crippen molar-refractivity contribution in [1.29, 1.82) is 0 Å². The van der Waals surface area contributed by atoms with Crippen molar-refractivity contribution in [3.05, 3.63) is 29.8 Å². The summed E-state index contributed by atoms with van der Waals surface area (Å²) in [7, 11) is 1.54. The van der Waals surface area contributed by atoms with Gasteiger partial charge in [-0.15, -0.1) is 0 Å². The molecule has 0 aliphatic heterocycles. The van der Waals surface area contributed by atoms with Gasteiger partial charge in [-0.1, -0.05) is 0 Å². The normalized spacial score (nSPS) is 11.2. The zero-order valence-corrected chi connectivity index (χ0v) is 10.1. The van der Waals surface area contributed by atoms with Crippen molar-refractivity contribution in [1.82, 2.24) is 0 Å². The van der Waals surface area contributed by atoms with Crippen molar-refractivity contribution in [2.24, 2.45) is 0 Å². The minimum atomic E-state index is -4.45. The number of carbonyl (C=O) groups is 2. The molecular formula is C12H12F3NO3. The molecule has 0 unspecified atom stereocenters. The number of halogens is 3. The Morgan fingerprint density at radius 3 is 2.37 bits per heavy atom. The molecule has 0 atom stereocenters. The highest BCUT2D eigenvalue weighted by Crippen LogP contribution is 2.15. The molecule has 0 spiro atoms. The summed E-state index contributed by atoms with van der Waals surface area (Å²) in [4.78, 5) is 23.3. The maximum absolute atomic E-state index is 11.8. The molecule has 0 bridgehead atoms. The lowest BCUT2D eigenvalue weighted by atomic mass is 10.1. The van der Waals surface area contributed by atoms with Gasteiger partial charge in [-0.25, -0.2) is 0 Å². The second kappa shape index (κ2) is 6.33. The van der Waals surface area contributed by atoms with Crippen LogP contribution >= 0.6 is 0 Å². The molecule has 0 saturated heterocycles. The molecule has 0 heterocycles. The van der Waals surface area contributed by atoms with Crippen LogP contribution in [0.3, 0.4) is 0 Å². The van der Waals surface area contributed by atoms with Crippen molar-refractivity contribution in [2.45, 2.75) is 6.18 Å². The number of hydrogen-bond acceptors (Lipinski definition) is 3. The van der Waals surface area contributed by atoms with E-state index in [1.165, 1.54) is 36.2 Å². The number of nitrogens with zero attached hydrogens (tertiary/aromatic N) is 1. The highest BCUT2D eigenvalue weighted by atomic mass is 19.4. The number of ether oxygens (including phenoxy) is 1. The number of Topliss-reactive ketones (excluding diaryl/α,β-unsaturated/α-hetero) is 1. The molecule has 0 saturated carbocycles. The standard InChI is InChI=1S/C12H12F3NO3/c1-16(8-17)10-4-2-9(3-5-10)11(18)6-19-7-12(13,14)15/h2-5,8H,6-7H2,1H3. The molecule has 1 amide bonds. The topological polar surface area (TPSA) is 46.6 Å². The zero-order valence-electron chi connectivity index (χ0n) is 10.1. The number of rotatable bonds is 6. The molecule has 19 heavy (non-hydrogen) atoms. The van der Waals surface area contributed by atoms with Crippen LogP contribution in [0.4, 0.5) is 18.9 Å². The average molecular weight is 275 g/mol. The molecule has 0 fully saturated rings. The number of alkyl halides is 3. The van der Waals surface area contributed by atoms with Gasteiger partial charge in [0.25, 0.3) is 0 Å². The summed E-state index contributed by atoms with van der Waals surface area (Å²) in [5.74, 6) is -0.551. The van der Waals surface area contributed by atoms with Gasteiger partial charge in [0.2, 0.25) is 6.41 Å². The predicted molar refractivity (Wildman–Crippen MR) is 62.1 cm³/mol. The highest BCUT2D eigenvalue weighted by molar-refractivity contribution is 5.97. The van der Waals surface area contributed by atoms with Crippen LogP contribution in [0.2, 0.25) is 0 Å². The molecule has 0 aliphatic carbocycles. The summed E-state index contributed by atoms with van der Waals surface area (Å²) in [6.07, 6.45) is -3.85. The third kappa shape index (κ3) is 5.09.